The molecule has 2 N–H and O–H groups in total. The Morgan fingerprint density at radius 2 is 2.00 bits per heavy atom. The molecule has 2 fully saturated rings. The molecular formula is C18H21N3O. The van der Waals surface area contributed by atoms with Gasteiger partial charge in [0.2, 0.25) is 5.91 Å². The molecule has 4 rings (SSSR count). The van der Waals surface area contributed by atoms with E-state index in [9.17, 15) is 4.79 Å². The highest BCUT2D eigenvalue weighted by Gasteiger charge is 2.34. The number of benzene rings is 1. The number of hydrogen-bond donors (Lipinski definition) is 2. The fourth-order valence-corrected chi connectivity index (χ4v) is 2.99. The first-order chi connectivity index (χ1) is 10.6. The summed E-state index contributed by atoms with van der Waals surface area (Å²) in [5.41, 5.74) is 6.42. The number of hydrogen-bond acceptors (Lipinski definition) is 2. The molecule has 2 aliphatic carbocycles. The lowest BCUT2D eigenvalue weighted by atomic mass is 10.0. The van der Waals surface area contributed by atoms with Crippen LogP contribution >= 0.6 is 0 Å². The molecule has 2 aliphatic rings. The molecular weight excluding hydrogens is 274 g/mol. The molecule has 2 saturated carbocycles. The van der Waals surface area contributed by atoms with Crippen molar-refractivity contribution >= 4 is 11.6 Å². The molecule has 0 atom stereocenters. The van der Waals surface area contributed by atoms with E-state index in [1.807, 2.05) is 0 Å². The van der Waals surface area contributed by atoms with Gasteiger partial charge in [0.05, 0.1) is 11.4 Å². The first-order valence-electron chi connectivity index (χ1n) is 8.10. The van der Waals surface area contributed by atoms with Crippen molar-refractivity contribution in [3.05, 3.63) is 35.0 Å². The van der Waals surface area contributed by atoms with Gasteiger partial charge < -0.3 is 5.32 Å². The maximum Gasteiger partial charge on any atom is 0.227 e. The molecule has 4 heteroatoms. The maximum absolute atomic E-state index is 12.2. The first-order valence-corrected chi connectivity index (χ1v) is 8.10. The predicted molar refractivity (Wildman–Crippen MR) is 86.8 cm³/mol. The number of nitrogens with one attached hydrogen (secondary N) is 2. The first kappa shape index (κ1) is 13.6. The minimum absolute atomic E-state index is 0.148. The van der Waals surface area contributed by atoms with Gasteiger partial charge in [-0.05, 0) is 45.1 Å². The van der Waals surface area contributed by atoms with Gasteiger partial charge in [-0.3, -0.25) is 9.89 Å². The second-order valence-corrected chi connectivity index (χ2v) is 6.72. The zero-order chi connectivity index (χ0) is 15.3. The van der Waals surface area contributed by atoms with E-state index in [2.05, 4.69) is 47.6 Å². The third-order valence-electron chi connectivity index (χ3n) is 4.61. The summed E-state index contributed by atoms with van der Waals surface area (Å²) in [6.45, 7) is 4.19. The Balaban J connectivity index is 1.75. The molecule has 1 amide bonds. The number of aromatic amines is 1. The van der Waals surface area contributed by atoms with Crippen LogP contribution in [0.15, 0.2) is 18.2 Å². The lowest BCUT2D eigenvalue weighted by Gasteiger charge is -2.10. The number of H-pyrrole nitrogens is 1. The molecule has 1 heterocycles. The van der Waals surface area contributed by atoms with Gasteiger partial charge >= 0.3 is 0 Å². The second kappa shape index (κ2) is 4.97. The lowest BCUT2D eigenvalue weighted by Crippen LogP contribution is -2.14. The number of aryl methyl sites for hydroxylation is 2. The molecule has 2 aromatic rings. The van der Waals surface area contributed by atoms with Crippen LogP contribution in [0.2, 0.25) is 0 Å². The van der Waals surface area contributed by atoms with Gasteiger partial charge in [0.1, 0.15) is 5.69 Å². The molecule has 0 spiro atoms. The van der Waals surface area contributed by atoms with Crippen molar-refractivity contribution < 1.29 is 4.79 Å². The Kier molecular flexibility index (Phi) is 3.06. The SMILES string of the molecule is Cc1ccc(-c2n[nH]c(C3CC3)c2NC(=O)C2CC2)c(C)c1. The highest BCUT2D eigenvalue weighted by molar-refractivity contribution is 5.98. The van der Waals surface area contributed by atoms with Crippen molar-refractivity contribution in [2.45, 2.75) is 45.4 Å². The summed E-state index contributed by atoms with van der Waals surface area (Å²) < 4.78 is 0. The van der Waals surface area contributed by atoms with Crippen LogP contribution in [0.25, 0.3) is 11.3 Å². The van der Waals surface area contributed by atoms with Gasteiger partial charge in [-0.15, -0.1) is 0 Å². The van der Waals surface area contributed by atoms with E-state index in [0.717, 1.165) is 35.5 Å². The predicted octanol–water partition coefficient (Wildman–Crippen LogP) is 3.92. The normalized spacial score (nSPS) is 17.5. The standard InChI is InChI=1S/C18H21N3O/c1-10-3-8-14(11(2)9-10)16-17(19-18(22)13-6-7-13)15(20-21-16)12-4-5-12/h3,8-9,12-13H,4-7H2,1-2H3,(H,19,22)(H,20,21). The highest BCUT2D eigenvalue weighted by Crippen LogP contribution is 2.46. The molecule has 0 unspecified atom stereocenters. The van der Waals surface area contributed by atoms with Gasteiger partial charge in [0.15, 0.2) is 0 Å². The van der Waals surface area contributed by atoms with Crippen LogP contribution < -0.4 is 5.32 Å². The van der Waals surface area contributed by atoms with E-state index in [4.69, 9.17) is 0 Å². The average Bonchev–Trinajstić information content (AvgIpc) is 3.38. The van der Waals surface area contributed by atoms with Gasteiger partial charge in [0, 0.05) is 17.4 Å². The maximum atomic E-state index is 12.2. The number of amides is 1. The van der Waals surface area contributed by atoms with Crippen LogP contribution in [0.3, 0.4) is 0 Å². The molecule has 1 aromatic heterocycles. The molecule has 0 radical (unpaired) electrons. The number of carbonyl (C=O) groups excluding carboxylic acids is 1. The monoisotopic (exact) mass is 295 g/mol. The summed E-state index contributed by atoms with van der Waals surface area (Å²) in [6, 6.07) is 6.36. The Morgan fingerprint density at radius 1 is 1.23 bits per heavy atom. The number of aromatic nitrogens is 2. The van der Waals surface area contributed by atoms with Crippen molar-refractivity contribution in [1.29, 1.82) is 0 Å². The third kappa shape index (κ3) is 2.43. The Labute approximate surface area is 130 Å². The van der Waals surface area contributed by atoms with Crippen LogP contribution in [0.5, 0.6) is 0 Å². The van der Waals surface area contributed by atoms with Gasteiger partial charge in [-0.1, -0.05) is 23.8 Å². The van der Waals surface area contributed by atoms with E-state index < -0.39 is 0 Å². The van der Waals surface area contributed by atoms with Crippen molar-refractivity contribution in [3.63, 3.8) is 0 Å². The average molecular weight is 295 g/mol. The zero-order valence-electron chi connectivity index (χ0n) is 13.1. The molecule has 1 aromatic carbocycles. The summed E-state index contributed by atoms with van der Waals surface area (Å²) in [4.78, 5) is 12.2. The lowest BCUT2D eigenvalue weighted by molar-refractivity contribution is -0.117. The van der Waals surface area contributed by atoms with Gasteiger partial charge in [0.25, 0.3) is 0 Å². The molecule has 0 bridgehead atoms. The summed E-state index contributed by atoms with van der Waals surface area (Å²) in [5, 5.41) is 10.9. The molecule has 0 saturated heterocycles. The zero-order valence-corrected chi connectivity index (χ0v) is 13.1. The molecule has 22 heavy (non-hydrogen) atoms. The highest BCUT2D eigenvalue weighted by atomic mass is 16.2. The van der Waals surface area contributed by atoms with Crippen molar-refractivity contribution in [2.24, 2.45) is 5.92 Å². The molecule has 114 valence electrons. The Hall–Kier alpha value is -2.10. The van der Waals surface area contributed by atoms with Crippen molar-refractivity contribution in [2.75, 3.05) is 5.32 Å². The fourth-order valence-electron chi connectivity index (χ4n) is 2.99. The summed E-state index contributed by atoms with van der Waals surface area (Å²) in [7, 11) is 0. The Bertz CT molecular complexity index is 739. The van der Waals surface area contributed by atoms with Crippen LogP contribution in [0.4, 0.5) is 5.69 Å². The smallest absolute Gasteiger partial charge is 0.227 e. The van der Waals surface area contributed by atoms with E-state index >= 15 is 0 Å². The second-order valence-electron chi connectivity index (χ2n) is 6.72. The summed E-state index contributed by atoms with van der Waals surface area (Å²) in [5.74, 6) is 0.879. The van der Waals surface area contributed by atoms with Gasteiger partial charge in [-0.25, -0.2) is 0 Å². The summed E-state index contributed by atoms with van der Waals surface area (Å²) in [6.07, 6.45) is 4.39. The molecule has 0 aliphatic heterocycles. The van der Waals surface area contributed by atoms with Crippen LogP contribution in [0.1, 0.15) is 48.4 Å². The number of rotatable bonds is 4. The molecule has 4 nitrogen and oxygen atoms in total. The van der Waals surface area contributed by atoms with Crippen LogP contribution in [-0.4, -0.2) is 16.1 Å². The largest absolute Gasteiger partial charge is 0.322 e. The minimum Gasteiger partial charge on any atom is -0.322 e. The van der Waals surface area contributed by atoms with E-state index in [-0.39, 0.29) is 11.8 Å². The number of carbonyl (C=O) groups is 1. The quantitative estimate of drug-likeness (QED) is 0.898. The Morgan fingerprint density at radius 3 is 2.64 bits per heavy atom. The number of anilines is 1. The van der Waals surface area contributed by atoms with E-state index in [1.54, 1.807) is 0 Å². The fraction of sp³-hybridized carbons (Fsp3) is 0.444. The van der Waals surface area contributed by atoms with Crippen LogP contribution in [0, 0.1) is 19.8 Å². The van der Waals surface area contributed by atoms with Crippen molar-refractivity contribution in [3.8, 4) is 11.3 Å². The summed E-state index contributed by atoms with van der Waals surface area (Å²) >= 11 is 0. The topological polar surface area (TPSA) is 57.8 Å². The number of nitrogens with zero attached hydrogens (tertiary/aromatic N) is 1. The third-order valence-corrected chi connectivity index (χ3v) is 4.61. The minimum atomic E-state index is 0.148. The van der Waals surface area contributed by atoms with Gasteiger partial charge in [-0.2, -0.15) is 5.10 Å². The van der Waals surface area contributed by atoms with E-state index in [1.165, 1.54) is 24.0 Å². The van der Waals surface area contributed by atoms with E-state index in [0.29, 0.717) is 5.92 Å². The van der Waals surface area contributed by atoms with Crippen molar-refractivity contribution in [1.82, 2.24) is 10.2 Å². The van der Waals surface area contributed by atoms with Crippen LogP contribution in [-0.2, 0) is 4.79 Å².